The fourth-order valence-electron chi connectivity index (χ4n) is 2.63. The molecule has 8 heteroatoms. The van der Waals surface area contributed by atoms with Crippen LogP contribution in [-0.2, 0) is 11.3 Å². The molecule has 0 radical (unpaired) electrons. The second-order valence-electron chi connectivity index (χ2n) is 6.80. The van der Waals surface area contributed by atoms with Crippen LogP contribution in [0.25, 0.3) is 6.08 Å². The van der Waals surface area contributed by atoms with Crippen LogP contribution in [0.5, 0.6) is 5.88 Å². The van der Waals surface area contributed by atoms with E-state index in [1.807, 2.05) is 25.9 Å². The molecule has 2 aromatic rings. The predicted molar refractivity (Wildman–Crippen MR) is 110 cm³/mol. The molecular formula is C19H26ClN5O2. The van der Waals surface area contributed by atoms with Crippen molar-refractivity contribution in [1.82, 2.24) is 14.8 Å². The number of amides is 1. The van der Waals surface area contributed by atoms with Crippen molar-refractivity contribution in [3.05, 3.63) is 34.7 Å². The Labute approximate surface area is 165 Å². The third-order valence-corrected chi connectivity index (χ3v) is 4.27. The van der Waals surface area contributed by atoms with Crippen LogP contribution in [-0.4, -0.2) is 41.9 Å². The minimum atomic E-state index is -0.309. The summed E-state index contributed by atoms with van der Waals surface area (Å²) in [5.41, 5.74) is 2.82. The van der Waals surface area contributed by atoms with E-state index in [1.54, 1.807) is 23.0 Å². The molecule has 0 aliphatic rings. The molecule has 0 spiro atoms. The fraction of sp³-hybridized carbons (Fsp3) is 0.421. The molecule has 2 rings (SSSR count). The highest BCUT2D eigenvalue weighted by Crippen LogP contribution is 2.32. The molecule has 0 bridgehead atoms. The van der Waals surface area contributed by atoms with Crippen molar-refractivity contribution in [2.24, 2.45) is 5.92 Å². The molecule has 146 valence electrons. The number of pyridine rings is 1. The van der Waals surface area contributed by atoms with Crippen LogP contribution in [0, 0.1) is 12.8 Å². The van der Waals surface area contributed by atoms with Gasteiger partial charge in [-0.05, 0) is 25.0 Å². The predicted octanol–water partition coefficient (Wildman–Crippen LogP) is 3.62. The Hall–Kier alpha value is -2.54. The molecule has 0 saturated carbocycles. The van der Waals surface area contributed by atoms with E-state index in [9.17, 15) is 4.79 Å². The van der Waals surface area contributed by atoms with Gasteiger partial charge in [-0.2, -0.15) is 5.10 Å². The number of ether oxygens (including phenoxy) is 1. The lowest BCUT2D eigenvalue weighted by molar-refractivity contribution is -0.111. The smallest absolute Gasteiger partial charge is 0.248 e. The summed E-state index contributed by atoms with van der Waals surface area (Å²) < 4.78 is 7.02. The number of rotatable bonds is 7. The quantitative estimate of drug-likeness (QED) is 0.730. The summed E-state index contributed by atoms with van der Waals surface area (Å²) in [4.78, 5) is 18.5. The first-order valence-electron chi connectivity index (χ1n) is 8.66. The van der Waals surface area contributed by atoms with E-state index in [1.165, 1.54) is 13.2 Å². The summed E-state index contributed by atoms with van der Waals surface area (Å²) in [6.45, 7) is 6.78. The molecule has 0 aliphatic carbocycles. The number of halogens is 1. The highest BCUT2D eigenvalue weighted by atomic mass is 35.5. The molecule has 2 aromatic heterocycles. The van der Waals surface area contributed by atoms with Gasteiger partial charge in [0.2, 0.25) is 11.8 Å². The Morgan fingerprint density at radius 2 is 2.15 bits per heavy atom. The van der Waals surface area contributed by atoms with Gasteiger partial charge in [-0.1, -0.05) is 25.4 Å². The Bertz CT molecular complexity index is 843. The number of nitrogens with zero attached hydrogens (tertiary/aromatic N) is 4. The third-order valence-electron chi connectivity index (χ3n) is 3.87. The van der Waals surface area contributed by atoms with Crippen molar-refractivity contribution in [2.75, 3.05) is 31.4 Å². The first-order valence-corrected chi connectivity index (χ1v) is 9.04. The number of hydrogen-bond acceptors (Lipinski definition) is 5. The lowest BCUT2D eigenvalue weighted by atomic mass is 10.2. The van der Waals surface area contributed by atoms with Crippen LogP contribution in [0.3, 0.4) is 0 Å². The first kappa shape index (κ1) is 20.8. The normalized spacial score (nSPS) is 11.3. The van der Waals surface area contributed by atoms with Gasteiger partial charge < -0.3 is 15.0 Å². The van der Waals surface area contributed by atoms with Crippen LogP contribution in [0.15, 0.2) is 18.3 Å². The van der Waals surface area contributed by atoms with Gasteiger partial charge in [0, 0.05) is 38.5 Å². The van der Waals surface area contributed by atoms with E-state index in [4.69, 9.17) is 16.3 Å². The molecule has 0 fully saturated rings. The molecule has 1 amide bonds. The van der Waals surface area contributed by atoms with Crippen LogP contribution >= 0.6 is 11.6 Å². The van der Waals surface area contributed by atoms with Gasteiger partial charge in [0.15, 0.2) is 0 Å². The van der Waals surface area contributed by atoms with E-state index in [0.717, 1.165) is 23.5 Å². The zero-order valence-corrected chi connectivity index (χ0v) is 17.3. The standard InChI is InChI=1S/C19H26ClN5O2/c1-12(2)11-25-18(20)14(13(3)23-25)7-8-16(26)22-17-15(24(4)5)9-10-21-19(17)27-6/h7-10,12H,11H2,1-6H3,(H,22,26). The van der Waals surface area contributed by atoms with Crippen molar-refractivity contribution in [3.63, 3.8) is 0 Å². The third kappa shape index (κ3) is 5.01. The summed E-state index contributed by atoms with van der Waals surface area (Å²) in [5.74, 6) is 0.461. The maximum atomic E-state index is 12.5. The number of nitrogens with one attached hydrogen (secondary N) is 1. The van der Waals surface area contributed by atoms with Gasteiger partial charge in [-0.15, -0.1) is 0 Å². The number of carbonyl (C=O) groups is 1. The summed E-state index contributed by atoms with van der Waals surface area (Å²) in [6, 6.07) is 1.80. The zero-order chi connectivity index (χ0) is 20.1. The SMILES string of the molecule is COc1nccc(N(C)C)c1NC(=O)C=Cc1c(C)nn(CC(C)C)c1Cl. The maximum Gasteiger partial charge on any atom is 0.248 e. The van der Waals surface area contributed by atoms with Crippen molar-refractivity contribution in [2.45, 2.75) is 27.3 Å². The minimum Gasteiger partial charge on any atom is -0.479 e. The second kappa shape index (κ2) is 8.90. The Morgan fingerprint density at radius 1 is 1.44 bits per heavy atom. The van der Waals surface area contributed by atoms with E-state index in [2.05, 4.69) is 29.2 Å². The highest BCUT2D eigenvalue weighted by molar-refractivity contribution is 6.31. The maximum absolute atomic E-state index is 12.5. The van der Waals surface area contributed by atoms with E-state index in [-0.39, 0.29) is 5.91 Å². The summed E-state index contributed by atoms with van der Waals surface area (Å²) in [5, 5.41) is 7.80. The molecule has 1 N–H and O–H groups in total. The molecule has 0 aliphatic heterocycles. The Balaban J connectivity index is 2.23. The number of carbonyl (C=O) groups excluding carboxylic acids is 1. The summed E-state index contributed by atoms with van der Waals surface area (Å²) in [7, 11) is 5.28. The second-order valence-corrected chi connectivity index (χ2v) is 7.16. The summed E-state index contributed by atoms with van der Waals surface area (Å²) in [6.07, 6.45) is 4.74. The van der Waals surface area contributed by atoms with Crippen molar-refractivity contribution < 1.29 is 9.53 Å². The minimum absolute atomic E-state index is 0.309. The molecule has 0 unspecified atom stereocenters. The van der Waals surface area contributed by atoms with Crippen molar-refractivity contribution in [3.8, 4) is 5.88 Å². The lowest BCUT2D eigenvalue weighted by Gasteiger charge is -2.18. The lowest BCUT2D eigenvalue weighted by Crippen LogP contribution is -2.16. The molecule has 2 heterocycles. The monoisotopic (exact) mass is 391 g/mol. The van der Waals surface area contributed by atoms with Crippen LogP contribution in [0.1, 0.15) is 25.1 Å². The molecule has 0 saturated heterocycles. The molecule has 0 atom stereocenters. The number of aromatic nitrogens is 3. The van der Waals surface area contributed by atoms with Gasteiger partial charge in [0.1, 0.15) is 10.8 Å². The Morgan fingerprint density at radius 3 is 2.74 bits per heavy atom. The van der Waals surface area contributed by atoms with Crippen LogP contribution < -0.4 is 15.0 Å². The number of anilines is 2. The van der Waals surface area contributed by atoms with Gasteiger partial charge in [-0.3, -0.25) is 9.48 Å². The number of aryl methyl sites for hydroxylation is 1. The number of hydrogen-bond donors (Lipinski definition) is 1. The van der Waals surface area contributed by atoms with Crippen molar-refractivity contribution >= 4 is 35.0 Å². The zero-order valence-electron chi connectivity index (χ0n) is 16.6. The van der Waals surface area contributed by atoms with E-state index in [0.29, 0.717) is 22.6 Å². The van der Waals surface area contributed by atoms with E-state index >= 15 is 0 Å². The topological polar surface area (TPSA) is 72.3 Å². The summed E-state index contributed by atoms with van der Waals surface area (Å²) >= 11 is 6.41. The molecule has 0 aromatic carbocycles. The first-order chi connectivity index (χ1) is 12.7. The molecule has 27 heavy (non-hydrogen) atoms. The van der Waals surface area contributed by atoms with Crippen LogP contribution in [0.2, 0.25) is 5.15 Å². The van der Waals surface area contributed by atoms with Crippen molar-refractivity contribution in [1.29, 1.82) is 0 Å². The fourth-order valence-corrected chi connectivity index (χ4v) is 2.93. The van der Waals surface area contributed by atoms with E-state index < -0.39 is 0 Å². The molecule has 7 nitrogen and oxygen atoms in total. The average Bonchev–Trinajstić information content (AvgIpc) is 2.85. The van der Waals surface area contributed by atoms with Gasteiger partial charge in [-0.25, -0.2) is 4.98 Å². The number of methoxy groups -OCH3 is 1. The Kier molecular flexibility index (Phi) is 6.85. The van der Waals surface area contributed by atoms with Crippen LogP contribution in [0.4, 0.5) is 11.4 Å². The highest BCUT2D eigenvalue weighted by Gasteiger charge is 2.15. The van der Waals surface area contributed by atoms with Gasteiger partial charge >= 0.3 is 0 Å². The molecular weight excluding hydrogens is 366 g/mol. The van der Waals surface area contributed by atoms with Gasteiger partial charge in [0.05, 0.1) is 18.5 Å². The largest absolute Gasteiger partial charge is 0.479 e. The van der Waals surface area contributed by atoms with Gasteiger partial charge in [0.25, 0.3) is 0 Å². The average molecular weight is 392 g/mol.